The molecule has 3 saturated carbocycles. The van der Waals surface area contributed by atoms with Crippen LogP contribution < -0.4 is 0 Å². The number of allylic oxidation sites excluding steroid dienone is 6. The molecule has 3 fully saturated rings. The first kappa shape index (κ1) is 21.6. The van der Waals surface area contributed by atoms with Crippen molar-refractivity contribution in [1.82, 2.24) is 0 Å². The molecule has 0 saturated heterocycles. The highest BCUT2D eigenvalue weighted by Gasteiger charge is 2.50. The van der Waals surface area contributed by atoms with E-state index < -0.39 is 0 Å². The summed E-state index contributed by atoms with van der Waals surface area (Å²) in [6.07, 6.45) is 19.9. The van der Waals surface area contributed by atoms with E-state index in [4.69, 9.17) is 0 Å². The average Bonchev–Trinajstić information content (AvgIpc) is 2.99. The summed E-state index contributed by atoms with van der Waals surface area (Å²) in [6, 6.07) is 0. The van der Waals surface area contributed by atoms with E-state index in [0.717, 1.165) is 37.0 Å². The Labute approximate surface area is 173 Å². The topological polar surface area (TPSA) is 20.2 Å². The normalized spacial score (nSPS) is 37.9. The maximum atomic E-state index is 10.0. The van der Waals surface area contributed by atoms with Crippen molar-refractivity contribution < 1.29 is 5.11 Å². The number of hydrogen-bond donors (Lipinski definition) is 1. The first-order valence-electron chi connectivity index (χ1n) is 11.7. The summed E-state index contributed by atoms with van der Waals surface area (Å²) < 4.78 is 0. The van der Waals surface area contributed by atoms with E-state index in [-0.39, 0.29) is 6.10 Å². The van der Waals surface area contributed by atoms with Gasteiger partial charge in [0.05, 0.1) is 6.10 Å². The van der Waals surface area contributed by atoms with Crippen molar-refractivity contribution in [2.24, 2.45) is 29.1 Å². The van der Waals surface area contributed by atoms with Gasteiger partial charge in [0.2, 0.25) is 0 Å². The molecule has 1 N–H and O–H groups in total. The van der Waals surface area contributed by atoms with Crippen LogP contribution in [0, 0.1) is 29.1 Å². The molecule has 0 spiro atoms. The molecule has 0 aromatic carbocycles. The molecule has 0 amide bonds. The lowest BCUT2D eigenvalue weighted by molar-refractivity contribution is 0.112. The molecule has 3 aliphatic rings. The van der Waals surface area contributed by atoms with Gasteiger partial charge < -0.3 is 5.11 Å². The van der Waals surface area contributed by atoms with Crippen LogP contribution in [0.3, 0.4) is 0 Å². The zero-order valence-corrected chi connectivity index (χ0v) is 18.7. The van der Waals surface area contributed by atoms with Crippen LogP contribution in [0.4, 0.5) is 0 Å². The number of rotatable bonds is 5. The molecule has 0 aliphatic heterocycles. The van der Waals surface area contributed by atoms with Gasteiger partial charge in [0, 0.05) is 0 Å². The second-order valence-electron chi connectivity index (χ2n) is 10.4. The Bertz CT molecular complexity index is 649. The summed E-state index contributed by atoms with van der Waals surface area (Å²) in [5.74, 6) is 2.98. The maximum absolute atomic E-state index is 10.0. The first-order valence-corrected chi connectivity index (χ1v) is 11.7. The van der Waals surface area contributed by atoms with Crippen molar-refractivity contribution in [1.29, 1.82) is 0 Å². The van der Waals surface area contributed by atoms with Crippen LogP contribution in [0.25, 0.3) is 0 Å². The first-order chi connectivity index (χ1) is 13.3. The highest BCUT2D eigenvalue weighted by Crippen LogP contribution is 2.59. The molecule has 3 rings (SSSR count). The fraction of sp³-hybridized carbons (Fsp3) is 0.704. The maximum Gasteiger partial charge on any atom is 0.0583 e. The molecule has 1 heteroatoms. The van der Waals surface area contributed by atoms with E-state index in [9.17, 15) is 5.11 Å². The molecular weight excluding hydrogens is 340 g/mol. The zero-order chi connectivity index (χ0) is 20.3. The SMILES string of the molecule is C=C1CC[C@@H](O)C/C1=C/C=C1\CCC[C@]2(C)[C@@H]([C@H](C)/C=C/CC(C)C)CC[C@@H]12. The highest BCUT2D eigenvalue weighted by molar-refractivity contribution is 5.36. The standard InChI is InChI=1S/C27H42O/c1-19(2)8-6-9-21(4)25-15-16-26-22(10-7-17-27(25,26)5)12-13-23-18-24(28)14-11-20(23)3/h6,9,12-13,19,21,24-26,28H,3,7-8,10-11,14-18H2,1-2,4-5H3/b9-6+,22-12+,23-13-/t21-,24-,25-,26+,27-/m1/s1. The lowest BCUT2D eigenvalue weighted by atomic mass is 9.61. The van der Waals surface area contributed by atoms with Crippen LogP contribution in [0.5, 0.6) is 0 Å². The van der Waals surface area contributed by atoms with E-state index in [1.54, 1.807) is 5.57 Å². The number of aliphatic hydroxyl groups is 1. The molecule has 0 aromatic heterocycles. The summed E-state index contributed by atoms with van der Waals surface area (Å²) in [5.41, 5.74) is 4.62. The van der Waals surface area contributed by atoms with Gasteiger partial charge in [-0.3, -0.25) is 0 Å². The van der Waals surface area contributed by atoms with E-state index in [1.807, 2.05) is 0 Å². The summed E-state index contributed by atoms with van der Waals surface area (Å²) in [4.78, 5) is 0. The summed E-state index contributed by atoms with van der Waals surface area (Å²) >= 11 is 0. The van der Waals surface area contributed by atoms with E-state index in [1.165, 1.54) is 49.7 Å². The number of hydrogen-bond acceptors (Lipinski definition) is 1. The van der Waals surface area contributed by atoms with E-state index in [0.29, 0.717) is 11.3 Å². The van der Waals surface area contributed by atoms with Crippen molar-refractivity contribution in [3.63, 3.8) is 0 Å². The second-order valence-corrected chi connectivity index (χ2v) is 10.4. The van der Waals surface area contributed by atoms with Gasteiger partial charge in [0.15, 0.2) is 0 Å². The van der Waals surface area contributed by atoms with Gasteiger partial charge in [-0.25, -0.2) is 0 Å². The smallest absolute Gasteiger partial charge is 0.0583 e. The molecule has 28 heavy (non-hydrogen) atoms. The third kappa shape index (κ3) is 4.73. The number of aliphatic hydroxyl groups excluding tert-OH is 1. The van der Waals surface area contributed by atoms with Crippen molar-refractivity contribution in [2.75, 3.05) is 0 Å². The van der Waals surface area contributed by atoms with Crippen molar-refractivity contribution in [3.05, 3.63) is 47.6 Å². The molecule has 0 bridgehead atoms. The minimum Gasteiger partial charge on any atom is -0.393 e. The Morgan fingerprint density at radius 3 is 2.68 bits per heavy atom. The molecule has 0 radical (unpaired) electrons. The van der Waals surface area contributed by atoms with Crippen LogP contribution in [0.15, 0.2) is 47.6 Å². The lowest BCUT2D eigenvalue weighted by Crippen LogP contribution is -2.35. The van der Waals surface area contributed by atoms with Crippen LogP contribution in [-0.4, -0.2) is 11.2 Å². The van der Waals surface area contributed by atoms with Crippen LogP contribution in [0.1, 0.15) is 85.5 Å². The molecule has 1 nitrogen and oxygen atoms in total. The Kier molecular flexibility index (Phi) is 7.07. The third-order valence-corrected chi connectivity index (χ3v) is 7.91. The van der Waals surface area contributed by atoms with Crippen LogP contribution >= 0.6 is 0 Å². The quantitative estimate of drug-likeness (QED) is 0.491. The largest absolute Gasteiger partial charge is 0.393 e. The molecule has 5 atom stereocenters. The van der Waals surface area contributed by atoms with Gasteiger partial charge in [-0.2, -0.15) is 0 Å². The predicted octanol–water partition coefficient (Wildman–Crippen LogP) is 7.40. The fourth-order valence-corrected chi connectivity index (χ4v) is 6.24. The minimum atomic E-state index is -0.180. The Morgan fingerprint density at radius 1 is 1.14 bits per heavy atom. The molecule has 0 aromatic rings. The fourth-order valence-electron chi connectivity index (χ4n) is 6.24. The highest BCUT2D eigenvalue weighted by atomic mass is 16.3. The summed E-state index contributed by atoms with van der Waals surface area (Å²) in [5, 5.41) is 10.0. The van der Waals surface area contributed by atoms with Gasteiger partial charge >= 0.3 is 0 Å². The van der Waals surface area contributed by atoms with Gasteiger partial charge in [0.25, 0.3) is 0 Å². The van der Waals surface area contributed by atoms with Crippen molar-refractivity contribution in [3.8, 4) is 0 Å². The van der Waals surface area contributed by atoms with Gasteiger partial charge in [0.1, 0.15) is 0 Å². The van der Waals surface area contributed by atoms with E-state index >= 15 is 0 Å². The molecule has 0 heterocycles. The lowest BCUT2D eigenvalue weighted by Gasteiger charge is -2.44. The van der Waals surface area contributed by atoms with Crippen molar-refractivity contribution in [2.45, 2.75) is 91.6 Å². The predicted molar refractivity (Wildman–Crippen MR) is 121 cm³/mol. The third-order valence-electron chi connectivity index (χ3n) is 7.91. The molecule has 0 unspecified atom stereocenters. The Balaban J connectivity index is 1.74. The zero-order valence-electron chi connectivity index (χ0n) is 18.7. The Morgan fingerprint density at radius 2 is 1.93 bits per heavy atom. The Hall–Kier alpha value is -1.08. The second kappa shape index (κ2) is 9.16. The molecular formula is C27H42O. The molecule has 156 valence electrons. The van der Waals surface area contributed by atoms with Crippen molar-refractivity contribution >= 4 is 0 Å². The van der Waals surface area contributed by atoms with Crippen LogP contribution in [-0.2, 0) is 0 Å². The van der Waals surface area contributed by atoms with Gasteiger partial charge in [-0.1, -0.05) is 69.7 Å². The summed E-state index contributed by atoms with van der Waals surface area (Å²) in [6.45, 7) is 13.9. The van der Waals surface area contributed by atoms with E-state index in [2.05, 4.69) is 58.6 Å². The summed E-state index contributed by atoms with van der Waals surface area (Å²) in [7, 11) is 0. The van der Waals surface area contributed by atoms with Crippen LogP contribution in [0.2, 0.25) is 0 Å². The molecule has 3 aliphatic carbocycles. The monoisotopic (exact) mass is 382 g/mol. The average molecular weight is 383 g/mol. The minimum absolute atomic E-state index is 0.180. The van der Waals surface area contributed by atoms with Gasteiger partial charge in [-0.05, 0) is 92.4 Å². The number of fused-ring (bicyclic) bond motifs is 1. The van der Waals surface area contributed by atoms with Gasteiger partial charge in [-0.15, -0.1) is 0 Å².